The summed E-state index contributed by atoms with van der Waals surface area (Å²) in [6.07, 6.45) is 1.51. The first-order valence-electron chi connectivity index (χ1n) is 6.44. The van der Waals surface area contributed by atoms with Crippen molar-refractivity contribution in [1.82, 2.24) is 5.32 Å². The second kappa shape index (κ2) is 6.91. The fourth-order valence-electron chi connectivity index (χ4n) is 2.76. The molecule has 0 heterocycles. The average Bonchev–Trinajstić information content (AvgIpc) is 2.49. The maximum atomic E-state index is 12.3. The molecule has 4 nitrogen and oxygen atoms in total. The molecule has 1 amide bonds. The van der Waals surface area contributed by atoms with E-state index in [-0.39, 0.29) is 5.91 Å². The van der Waals surface area contributed by atoms with Crippen LogP contribution < -0.4 is 5.32 Å². The molecule has 1 aliphatic carbocycles. The maximum Gasteiger partial charge on any atom is 0.331 e. The highest BCUT2D eigenvalue weighted by molar-refractivity contribution is 9.15. The Hall–Kier alpha value is 0.0800. The normalized spacial score (nSPS) is 20.3. The van der Waals surface area contributed by atoms with E-state index in [1.54, 1.807) is 0 Å². The molecule has 0 radical (unpaired) electrons. The summed E-state index contributed by atoms with van der Waals surface area (Å²) in [5.41, 5.74) is 1.07. The molecule has 0 bridgehead atoms. The first kappa shape index (κ1) is 18.4. The fourth-order valence-corrected chi connectivity index (χ4v) is 5.38. The van der Waals surface area contributed by atoms with Crippen molar-refractivity contribution in [2.24, 2.45) is 0 Å². The largest absolute Gasteiger partial charge is 0.467 e. The zero-order valence-corrected chi connectivity index (χ0v) is 18.2. The van der Waals surface area contributed by atoms with Crippen molar-refractivity contribution in [2.45, 2.75) is 31.7 Å². The third kappa shape index (κ3) is 3.16. The molecule has 22 heavy (non-hydrogen) atoms. The summed E-state index contributed by atoms with van der Waals surface area (Å²) in [5.74, 6) is -0.671. The lowest BCUT2D eigenvalue weighted by Crippen LogP contribution is -2.57. The lowest BCUT2D eigenvalue weighted by atomic mass is 9.77. The minimum Gasteiger partial charge on any atom is -0.467 e. The molecule has 0 saturated carbocycles. The van der Waals surface area contributed by atoms with Crippen molar-refractivity contribution in [1.29, 1.82) is 0 Å². The molecule has 0 aromatic heterocycles. The second-order valence-electron chi connectivity index (χ2n) is 5.14. The molecule has 0 fully saturated rings. The van der Waals surface area contributed by atoms with Gasteiger partial charge in [0.05, 0.1) is 7.11 Å². The summed E-state index contributed by atoms with van der Waals surface area (Å²) >= 11 is 14.2. The van der Waals surface area contributed by atoms with E-state index in [9.17, 15) is 9.59 Å². The van der Waals surface area contributed by atoms with Crippen LogP contribution in [0.25, 0.3) is 0 Å². The smallest absolute Gasteiger partial charge is 0.331 e. The van der Waals surface area contributed by atoms with Crippen molar-refractivity contribution < 1.29 is 14.3 Å². The monoisotopic (exact) mass is 559 g/mol. The summed E-state index contributed by atoms with van der Waals surface area (Å²) in [6.45, 7) is 1.41. The molecule has 2 rings (SSSR count). The molecule has 1 aromatic rings. The predicted octanol–water partition coefficient (Wildman–Crippen LogP) is 4.27. The van der Waals surface area contributed by atoms with Gasteiger partial charge < -0.3 is 10.1 Å². The Balaban J connectivity index is 2.57. The van der Waals surface area contributed by atoms with Gasteiger partial charge in [-0.25, -0.2) is 4.79 Å². The lowest BCUT2D eigenvalue weighted by Gasteiger charge is -2.37. The summed E-state index contributed by atoms with van der Waals surface area (Å²) in [4.78, 5) is 23.9. The molecule has 1 unspecified atom stereocenters. The quantitative estimate of drug-likeness (QED) is 0.333. The molecule has 120 valence electrons. The lowest BCUT2D eigenvalue weighted by molar-refractivity contribution is -0.151. The molecule has 1 aromatic carbocycles. The van der Waals surface area contributed by atoms with Gasteiger partial charge in [-0.05, 0) is 87.7 Å². The Morgan fingerprint density at radius 1 is 1.05 bits per heavy atom. The molecule has 0 saturated heterocycles. The van der Waals surface area contributed by atoms with Crippen molar-refractivity contribution >= 4 is 75.6 Å². The van der Waals surface area contributed by atoms with E-state index in [0.29, 0.717) is 19.3 Å². The molecule has 0 spiro atoms. The Morgan fingerprint density at radius 2 is 1.59 bits per heavy atom. The third-order valence-electron chi connectivity index (χ3n) is 3.74. The summed E-state index contributed by atoms with van der Waals surface area (Å²) < 4.78 is 8.54. The van der Waals surface area contributed by atoms with E-state index >= 15 is 0 Å². The molecule has 1 aliphatic rings. The molecule has 1 atom stereocenters. The van der Waals surface area contributed by atoms with E-state index in [0.717, 1.165) is 29.0 Å². The highest BCUT2D eigenvalue weighted by Gasteiger charge is 2.44. The van der Waals surface area contributed by atoms with Crippen LogP contribution in [-0.2, 0) is 27.2 Å². The molecule has 8 heteroatoms. The first-order chi connectivity index (χ1) is 10.2. The van der Waals surface area contributed by atoms with Crippen LogP contribution in [0.2, 0.25) is 0 Å². The van der Waals surface area contributed by atoms with Gasteiger partial charge in [-0.15, -0.1) is 0 Å². The highest BCUT2D eigenvalue weighted by Crippen LogP contribution is 2.46. The summed E-state index contributed by atoms with van der Waals surface area (Å²) in [7, 11) is 1.34. The Kier molecular flexibility index (Phi) is 5.78. The number of carbonyl (C=O) groups excluding carboxylic acids is 2. The number of halogens is 4. The average molecular weight is 563 g/mol. The van der Waals surface area contributed by atoms with Gasteiger partial charge in [0.25, 0.3) is 0 Å². The zero-order valence-electron chi connectivity index (χ0n) is 11.9. The molecule has 1 N–H and O–H groups in total. The van der Waals surface area contributed by atoms with E-state index in [1.807, 2.05) is 0 Å². The number of methoxy groups -OCH3 is 1. The Bertz CT molecular complexity index is 662. The minimum atomic E-state index is -1.02. The topological polar surface area (TPSA) is 55.4 Å². The number of amides is 1. The van der Waals surface area contributed by atoms with Crippen LogP contribution in [-0.4, -0.2) is 24.5 Å². The standard InChI is InChI=1S/C14H13Br4NO3/c1-6(20)19-14(13(21)22-2)4-3-7-8(5-14)10(16)12(18)11(17)9(7)15/h3-5H2,1-2H3,(H,19,20). The zero-order chi connectivity index (χ0) is 16.7. The van der Waals surface area contributed by atoms with Crippen LogP contribution in [0.3, 0.4) is 0 Å². The van der Waals surface area contributed by atoms with Crippen LogP contribution in [0, 0.1) is 0 Å². The number of esters is 1. The molecular formula is C14H13Br4NO3. The van der Waals surface area contributed by atoms with Crippen molar-refractivity contribution in [3.05, 3.63) is 29.0 Å². The van der Waals surface area contributed by atoms with Crippen LogP contribution in [0.5, 0.6) is 0 Å². The predicted molar refractivity (Wildman–Crippen MR) is 97.8 cm³/mol. The van der Waals surface area contributed by atoms with Gasteiger partial charge in [0.2, 0.25) is 5.91 Å². The van der Waals surface area contributed by atoms with Crippen LogP contribution >= 0.6 is 63.7 Å². The van der Waals surface area contributed by atoms with Gasteiger partial charge in [-0.1, -0.05) is 0 Å². The number of nitrogens with one attached hydrogen (secondary N) is 1. The maximum absolute atomic E-state index is 12.3. The van der Waals surface area contributed by atoms with Gasteiger partial charge in [-0.2, -0.15) is 0 Å². The van der Waals surface area contributed by atoms with E-state index in [4.69, 9.17) is 4.74 Å². The number of hydrogen-bond donors (Lipinski definition) is 1. The highest BCUT2D eigenvalue weighted by atomic mass is 79.9. The van der Waals surface area contributed by atoms with Crippen molar-refractivity contribution in [2.75, 3.05) is 7.11 Å². The Labute approximate surface area is 162 Å². The second-order valence-corrected chi connectivity index (χ2v) is 8.32. The minimum absolute atomic E-state index is 0.250. The number of rotatable bonds is 2. The number of hydrogen-bond acceptors (Lipinski definition) is 3. The van der Waals surface area contributed by atoms with Crippen molar-refractivity contribution in [3.63, 3.8) is 0 Å². The van der Waals surface area contributed by atoms with Gasteiger partial charge in [0.15, 0.2) is 0 Å². The first-order valence-corrected chi connectivity index (χ1v) is 9.61. The summed E-state index contributed by atoms with van der Waals surface area (Å²) in [6, 6.07) is 0. The van der Waals surface area contributed by atoms with E-state index in [1.165, 1.54) is 14.0 Å². The van der Waals surface area contributed by atoms with Crippen LogP contribution in [0.4, 0.5) is 0 Å². The summed E-state index contributed by atoms with van der Waals surface area (Å²) in [5, 5.41) is 2.79. The number of fused-ring (bicyclic) bond motifs is 1. The molecule has 0 aliphatic heterocycles. The van der Waals surface area contributed by atoms with Crippen LogP contribution in [0.15, 0.2) is 17.9 Å². The number of benzene rings is 1. The van der Waals surface area contributed by atoms with Crippen molar-refractivity contribution in [3.8, 4) is 0 Å². The van der Waals surface area contributed by atoms with Gasteiger partial charge in [0.1, 0.15) is 5.54 Å². The van der Waals surface area contributed by atoms with Gasteiger partial charge in [-0.3, -0.25) is 4.79 Å². The van der Waals surface area contributed by atoms with E-state index in [2.05, 4.69) is 69.0 Å². The number of carbonyl (C=O) groups is 2. The molecular weight excluding hydrogens is 550 g/mol. The Morgan fingerprint density at radius 3 is 2.09 bits per heavy atom. The SMILES string of the molecule is COC(=O)C1(NC(C)=O)CCc2c(Br)c(Br)c(Br)c(Br)c2C1. The fraction of sp³-hybridized carbons (Fsp3) is 0.429. The van der Waals surface area contributed by atoms with E-state index < -0.39 is 11.5 Å². The van der Waals surface area contributed by atoms with Crippen LogP contribution in [0.1, 0.15) is 24.5 Å². The van der Waals surface area contributed by atoms with Gasteiger partial charge in [0, 0.05) is 31.2 Å². The van der Waals surface area contributed by atoms with Gasteiger partial charge >= 0.3 is 5.97 Å². The third-order valence-corrected chi connectivity index (χ3v) is 8.68. The number of ether oxygens (including phenoxy) is 1.